The third-order valence-corrected chi connectivity index (χ3v) is 4.58. The third kappa shape index (κ3) is 3.71. The van der Waals surface area contributed by atoms with Gasteiger partial charge in [0.1, 0.15) is 5.75 Å². The van der Waals surface area contributed by atoms with Crippen LogP contribution in [-0.2, 0) is 0 Å². The van der Waals surface area contributed by atoms with Crippen LogP contribution in [0.4, 0.5) is 35.1 Å². The number of benzene rings is 3. The molecule has 0 amide bonds. The maximum absolute atomic E-state index is 14.5. The molecule has 0 aliphatic rings. The number of nitrogens with two attached hydrogens (primary N) is 1. The minimum absolute atomic E-state index is 0.237. The second-order valence-electron chi connectivity index (χ2n) is 6.68. The number of hydrogen-bond donors (Lipinski definition) is 1. The van der Waals surface area contributed by atoms with Crippen molar-refractivity contribution in [2.75, 3.05) is 0 Å². The van der Waals surface area contributed by atoms with Gasteiger partial charge in [0.05, 0.1) is 11.1 Å². The molecule has 0 radical (unpaired) electrons. The second-order valence-corrected chi connectivity index (χ2v) is 6.68. The van der Waals surface area contributed by atoms with Gasteiger partial charge in [-0.3, -0.25) is 0 Å². The van der Waals surface area contributed by atoms with Gasteiger partial charge in [-0.25, -0.2) is 26.3 Å². The van der Waals surface area contributed by atoms with Gasteiger partial charge in [-0.05, 0) is 31.5 Å². The maximum atomic E-state index is 14.5. The minimum atomic E-state index is -2.30. The zero-order chi connectivity index (χ0) is 23.2. The quantitative estimate of drug-likeness (QED) is 0.362. The van der Waals surface area contributed by atoms with Gasteiger partial charge in [0, 0.05) is 11.6 Å². The second kappa shape index (κ2) is 8.18. The van der Waals surface area contributed by atoms with Crippen molar-refractivity contribution in [3.63, 3.8) is 0 Å². The van der Waals surface area contributed by atoms with Crippen LogP contribution in [0.3, 0.4) is 0 Å². The molecule has 1 atom stereocenters. The Labute approximate surface area is 170 Å². The van der Waals surface area contributed by atoms with Crippen molar-refractivity contribution in [2.24, 2.45) is 5.73 Å². The Morgan fingerprint density at radius 3 is 1.42 bits per heavy atom. The highest BCUT2D eigenvalue weighted by atomic mass is 19.2. The summed E-state index contributed by atoms with van der Waals surface area (Å²) in [5.74, 6) is -19.1. The number of ether oxygens (including phenoxy) is 1. The van der Waals surface area contributed by atoms with Crippen LogP contribution >= 0.6 is 0 Å². The molecule has 0 saturated heterocycles. The third-order valence-electron chi connectivity index (χ3n) is 4.58. The lowest BCUT2D eigenvalue weighted by Crippen LogP contribution is -2.09. The average molecular weight is 447 g/mol. The molecule has 31 heavy (non-hydrogen) atoms. The van der Waals surface area contributed by atoms with Crippen molar-refractivity contribution >= 4 is 0 Å². The summed E-state index contributed by atoms with van der Waals surface area (Å²) in [6.45, 7) is 2.33. The molecule has 3 aromatic carbocycles. The average Bonchev–Trinajstić information content (AvgIpc) is 2.75. The summed E-state index contributed by atoms with van der Waals surface area (Å²) in [5.41, 5.74) is 1.28. The van der Waals surface area contributed by atoms with Crippen molar-refractivity contribution in [1.82, 2.24) is 0 Å². The molecule has 2 N–H and O–H groups in total. The SMILES string of the molecule is Cc1c(F)c(F)c(-c2c(F)c(F)c(Oc3ccc(C(C)N)cc3)c(F)c2F)c(F)c1F. The molecule has 2 nitrogen and oxygen atoms in total. The molecular weight excluding hydrogens is 434 g/mol. The topological polar surface area (TPSA) is 35.2 Å². The molecule has 0 bridgehead atoms. The summed E-state index contributed by atoms with van der Waals surface area (Å²) in [6, 6.07) is 4.91. The van der Waals surface area contributed by atoms with Crippen molar-refractivity contribution in [2.45, 2.75) is 19.9 Å². The van der Waals surface area contributed by atoms with Crippen LogP contribution in [-0.4, -0.2) is 0 Å². The van der Waals surface area contributed by atoms with E-state index in [1.54, 1.807) is 6.92 Å². The number of halogens is 8. The molecule has 3 aromatic rings. The van der Waals surface area contributed by atoms with Gasteiger partial charge in [0.25, 0.3) is 0 Å². The van der Waals surface area contributed by atoms with E-state index >= 15 is 0 Å². The van der Waals surface area contributed by atoms with E-state index in [1.807, 2.05) is 0 Å². The summed E-state index contributed by atoms with van der Waals surface area (Å²) in [5, 5.41) is 0. The first kappa shape index (κ1) is 22.5. The van der Waals surface area contributed by atoms with Crippen molar-refractivity contribution in [1.29, 1.82) is 0 Å². The van der Waals surface area contributed by atoms with Crippen LogP contribution in [0.2, 0.25) is 0 Å². The van der Waals surface area contributed by atoms with Gasteiger partial charge in [-0.2, -0.15) is 8.78 Å². The molecule has 3 rings (SSSR count). The molecule has 0 aliphatic heterocycles. The highest BCUT2D eigenvalue weighted by molar-refractivity contribution is 5.69. The van der Waals surface area contributed by atoms with Crippen molar-refractivity contribution in [3.05, 3.63) is 81.9 Å². The predicted molar refractivity (Wildman–Crippen MR) is 95.4 cm³/mol. The van der Waals surface area contributed by atoms with Gasteiger partial charge in [-0.1, -0.05) is 12.1 Å². The van der Waals surface area contributed by atoms with Crippen LogP contribution in [0.5, 0.6) is 11.5 Å². The lowest BCUT2D eigenvalue weighted by Gasteiger charge is -2.15. The monoisotopic (exact) mass is 447 g/mol. The highest BCUT2D eigenvalue weighted by Crippen LogP contribution is 2.41. The smallest absolute Gasteiger partial charge is 0.205 e. The Hall–Kier alpha value is -3.14. The molecule has 0 fully saturated rings. The van der Waals surface area contributed by atoms with Gasteiger partial charge >= 0.3 is 0 Å². The van der Waals surface area contributed by atoms with E-state index in [0.29, 0.717) is 12.5 Å². The molecule has 1 unspecified atom stereocenters. The number of rotatable bonds is 4. The summed E-state index contributed by atoms with van der Waals surface area (Å²) in [4.78, 5) is 0. The molecular formula is C21H13F8NO. The van der Waals surface area contributed by atoms with E-state index in [2.05, 4.69) is 0 Å². The Morgan fingerprint density at radius 2 is 1.03 bits per heavy atom. The first-order valence-corrected chi connectivity index (χ1v) is 8.69. The largest absolute Gasteiger partial charge is 0.451 e. The van der Waals surface area contributed by atoms with Gasteiger partial charge in [-0.15, -0.1) is 0 Å². The van der Waals surface area contributed by atoms with Gasteiger partial charge < -0.3 is 10.5 Å². The molecule has 0 spiro atoms. The fraction of sp³-hybridized carbons (Fsp3) is 0.143. The van der Waals surface area contributed by atoms with Gasteiger partial charge in [0.15, 0.2) is 34.9 Å². The predicted octanol–water partition coefficient (Wildman–Crippen LogP) is 6.59. The van der Waals surface area contributed by atoms with E-state index in [9.17, 15) is 35.1 Å². The molecule has 0 aromatic heterocycles. The molecule has 0 aliphatic carbocycles. The Bertz CT molecular complexity index is 1120. The minimum Gasteiger partial charge on any atom is -0.451 e. The summed E-state index contributed by atoms with van der Waals surface area (Å²) < 4.78 is 119. The molecule has 10 heteroatoms. The Morgan fingerprint density at radius 1 is 0.645 bits per heavy atom. The van der Waals surface area contributed by atoms with Crippen molar-refractivity contribution < 1.29 is 39.9 Å². The van der Waals surface area contributed by atoms with Gasteiger partial charge in [0.2, 0.25) is 17.4 Å². The van der Waals surface area contributed by atoms with Crippen LogP contribution in [0.25, 0.3) is 11.1 Å². The lowest BCUT2D eigenvalue weighted by molar-refractivity contribution is 0.366. The molecule has 0 heterocycles. The van der Waals surface area contributed by atoms with Crippen LogP contribution in [0.1, 0.15) is 24.1 Å². The van der Waals surface area contributed by atoms with E-state index in [-0.39, 0.29) is 11.8 Å². The fourth-order valence-corrected chi connectivity index (χ4v) is 2.84. The van der Waals surface area contributed by atoms with E-state index in [1.165, 1.54) is 24.3 Å². The van der Waals surface area contributed by atoms with Crippen LogP contribution < -0.4 is 10.5 Å². The fourth-order valence-electron chi connectivity index (χ4n) is 2.84. The zero-order valence-electron chi connectivity index (χ0n) is 15.9. The normalized spacial score (nSPS) is 12.2. The van der Waals surface area contributed by atoms with E-state index in [4.69, 9.17) is 10.5 Å². The summed E-state index contributed by atoms with van der Waals surface area (Å²) in [6.07, 6.45) is 0. The zero-order valence-corrected chi connectivity index (χ0v) is 15.9. The molecule has 164 valence electrons. The first-order valence-electron chi connectivity index (χ1n) is 8.69. The van der Waals surface area contributed by atoms with Crippen LogP contribution in [0.15, 0.2) is 24.3 Å². The Kier molecular flexibility index (Phi) is 5.95. The standard InChI is InChI=1S/C21H13F8NO/c1-7-13(22)15(24)11(16(25)14(7)23)12-17(26)19(28)21(20(29)18(12)27)31-10-5-3-9(4-6-10)8(2)30/h3-6,8H,30H2,1-2H3. The number of hydrogen-bond acceptors (Lipinski definition) is 2. The lowest BCUT2D eigenvalue weighted by atomic mass is 9.99. The first-order chi connectivity index (χ1) is 14.5. The summed E-state index contributed by atoms with van der Waals surface area (Å²) >= 11 is 0. The van der Waals surface area contributed by atoms with E-state index < -0.39 is 69.0 Å². The Balaban J connectivity index is 2.18. The maximum Gasteiger partial charge on any atom is 0.205 e. The van der Waals surface area contributed by atoms with Crippen LogP contribution in [0, 0.1) is 53.5 Å². The summed E-state index contributed by atoms with van der Waals surface area (Å²) in [7, 11) is 0. The highest BCUT2D eigenvalue weighted by Gasteiger charge is 2.34. The van der Waals surface area contributed by atoms with Crippen molar-refractivity contribution in [3.8, 4) is 22.6 Å². The molecule has 0 saturated carbocycles. The van der Waals surface area contributed by atoms with E-state index in [0.717, 1.165) is 0 Å².